The third kappa shape index (κ3) is 6.99. The molecular weight excluding hydrogens is 509 g/mol. The van der Waals surface area contributed by atoms with Gasteiger partial charge in [0.15, 0.2) is 5.82 Å². The van der Waals surface area contributed by atoms with Gasteiger partial charge in [0.05, 0.1) is 10.7 Å². The van der Waals surface area contributed by atoms with Crippen LogP contribution < -0.4 is 4.90 Å². The van der Waals surface area contributed by atoms with E-state index in [1.54, 1.807) is 29.2 Å². The van der Waals surface area contributed by atoms with E-state index in [1.807, 2.05) is 55.1 Å². The Morgan fingerprint density at radius 3 is 2.35 bits per heavy atom. The predicted molar refractivity (Wildman–Crippen MR) is 148 cm³/mol. The molecule has 2 amide bonds. The van der Waals surface area contributed by atoms with Crippen LogP contribution in [-0.2, 0) is 4.79 Å². The molecule has 1 aromatic heterocycles. The average molecular weight is 540 g/mol. The zero-order valence-corrected chi connectivity index (χ0v) is 22.6. The van der Waals surface area contributed by atoms with Gasteiger partial charge in [0.25, 0.3) is 5.91 Å². The molecule has 2 aromatic carbocycles. The van der Waals surface area contributed by atoms with E-state index in [1.165, 1.54) is 0 Å². The largest absolute Gasteiger partial charge is 0.353 e. The first-order valence-electron chi connectivity index (χ1n) is 12.5. The Balaban J connectivity index is 1.39. The van der Waals surface area contributed by atoms with Crippen LogP contribution in [-0.4, -0.2) is 71.1 Å². The van der Waals surface area contributed by atoms with Gasteiger partial charge in [0.2, 0.25) is 5.91 Å². The molecule has 0 aliphatic carbocycles. The molecular formula is C28H31Cl2N5O2. The summed E-state index contributed by atoms with van der Waals surface area (Å²) >= 11 is 12.3. The van der Waals surface area contributed by atoms with E-state index in [9.17, 15) is 9.59 Å². The molecule has 1 aliphatic heterocycles. The highest BCUT2D eigenvalue weighted by Crippen LogP contribution is 2.26. The van der Waals surface area contributed by atoms with Gasteiger partial charge < -0.3 is 14.7 Å². The highest BCUT2D eigenvalue weighted by molar-refractivity contribution is 6.33. The van der Waals surface area contributed by atoms with Crippen LogP contribution in [0.2, 0.25) is 10.0 Å². The van der Waals surface area contributed by atoms with E-state index >= 15 is 0 Å². The Labute approximate surface area is 228 Å². The lowest BCUT2D eigenvalue weighted by Crippen LogP contribution is -2.45. The number of amides is 2. The fraction of sp³-hybridized carbons (Fsp3) is 0.357. The Hall–Kier alpha value is -3.16. The smallest absolute Gasteiger partial charge is 0.254 e. The van der Waals surface area contributed by atoms with E-state index in [0.29, 0.717) is 41.8 Å². The quantitative estimate of drug-likeness (QED) is 0.408. The molecule has 0 radical (unpaired) electrons. The molecule has 194 valence electrons. The molecule has 0 saturated carbocycles. The number of benzene rings is 2. The van der Waals surface area contributed by atoms with Crippen LogP contribution in [0.5, 0.6) is 0 Å². The first-order chi connectivity index (χ1) is 17.8. The second-order valence-electron chi connectivity index (χ2n) is 9.56. The predicted octanol–water partition coefficient (Wildman–Crippen LogP) is 5.29. The van der Waals surface area contributed by atoms with Crippen molar-refractivity contribution in [1.82, 2.24) is 20.0 Å². The van der Waals surface area contributed by atoms with Crippen molar-refractivity contribution >= 4 is 40.8 Å². The van der Waals surface area contributed by atoms with Gasteiger partial charge in [-0.3, -0.25) is 9.59 Å². The Bertz CT molecular complexity index is 1220. The molecule has 2 heterocycles. The number of aromatic nitrogens is 2. The van der Waals surface area contributed by atoms with Gasteiger partial charge in [-0.2, -0.15) is 0 Å². The molecule has 7 nitrogen and oxygen atoms in total. The zero-order chi connectivity index (χ0) is 26.4. The second-order valence-corrected chi connectivity index (χ2v) is 10.4. The highest BCUT2D eigenvalue weighted by Gasteiger charge is 2.25. The lowest BCUT2D eigenvalue weighted by molar-refractivity contribution is -0.131. The molecule has 0 bridgehead atoms. The minimum atomic E-state index is -0.163. The zero-order valence-electron chi connectivity index (χ0n) is 21.1. The lowest BCUT2D eigenvalue weighted by atomic mass is 10.1. The van der Waals surface area contributed by atoms with E-state index in [-0.39, 0.29) is 24.3 Å². The van der Waals surface area contributed by atoms with Crippen molar-refractivity contribution in [2.24, 2.45) is 5.92 Å². The summed E-state index contributed by atoms with van der Waals surface area (Å²) in [7, 11) is 0. The number of halogens is 2. The summed E-state index contributed by atoms with van der Waals surface area (Å²) in [5.74, 6) is 0.787. The van der Waals surface area contributed by atoms with E-state index in [4.69, 9.17) is 23.2 Å². The van der Waals surface area contributed by atoms with Crippen molar-refractivity contribution in [2.75, 3.05) is 44.2 Å². The van der Waals surface area contributed by atoms with Crippen molar-refractivity contribution in [3.63, 3.8) is 0 Å². The molecule has 0 unspecified atom stereocenters. The number of carbonyl (C=O) groups is 2. The van der Waals surface area contributed by atoms with Crippen LogP contribution in [0.4, 0.5) is 5.82 Å². The monoisotopic (exact) mass is 539 g/mol. The van der Waals surface area contributed by atoms with Gasteiger partial charge in [-0.05, 0) is 54.8 Å². The highest BCUT2D eigenvalue weighted by atomic mass is 35.5. The number of hydrogen-bond donors (Lipinski definition) is 0. The third-order valence-corrected chi connectivity index (χ3v) is 6.84. The maximum Gasteiger partial charge on any atom is 0.254 e. The SMILES string of the molecule is CC(C)CN(CC(=O)N1CCCN(c2ccc(-c3ccccc3Cl)nn2)CC1)C(=O)c1ccc(Cl)cc1. The Morgan fingerprint density at radius 2 is 1.68 bits per heavy atom. The second kappa shape index (κ2) is 12.4. The van der Waals surface area contributed by atoms with Crippen LogP contribution in [0.1, 0.15) is 30.6 Å². The summed E-state index contributed by atoms with van der Waals surface area (Å²) in [6.45, 7) is 7.21. The lowest BCUT2D eigenvalue weighted by Gasteiger charge is -2.28. The number of hydrogen-bond acceptors (Lipinski definition) is 5. The molecule has 1 saturated heterocycles. The minimum Gasteiger partial charge on any atom is -0.353 e. The van der Waals surface area contributed by atoms with Crippen LogP contribution >= 0.6 is 23.2 Å². The molecule has 4 rings (SSSR count). The fourth-order valence-electron chi connectivity index (χ4n) is 4.40. The first-order valence-corrected chi connectivity index (χ1v) is 13.2. The van der Waals surface area contributed by atoms with Gasteiger partial charge in [-0.15, -0.1) is 10.2 Å². The summed E-state index contributed by atoms with van der Waals surface area (Å²) in [6, 6.07) is 18.2. The standard InChI is InChI=1S/C28H31Cl2N5O2/c1-20(2)18-35(28(37)21-8-10-22(29)11-9-21)19-27(36)34-15-5-14-33(16-17-34)26-13-12-25(31-32-26)23-6-3-4-7-24(23)30/h3-4,6-13,20H,5,14-19H2,1-2H3. The summed E-state index contributed by atoms with van der Waals surface area (Å²) in [4.78, 5) is 32.0. The van der Waals surface area contributed by atoms with Gasteiger partial charge in [-0.25, -0.2) is 0 Å². The molecule has 1 fully saturated rings. The van der Waals surface area contributed by atoms with E-state index < -0.39 is 0 Å². The average Bonchev–Trinajstić information content (AvgIpc) is 3.15. The van der Waals surface area contributed by atoms with Crippen molar-refractivity contribution < 1.29 is 9.59 Å². The summed E-state index contributed by atoms with van der Waals surface area (Å²) < 4.78 is 0. The minimum absolute atomic E-state index is 0.0476. The van der Waals surface area contributed by atoms with Crippen molar-refractivity contribution in [3.8, 4) is 11.3 Å². The van der Waals surface area contributed by atoms with Crippen LogP contribution in [0.3, 0.4) is 0 Å². The van der Waals surface area contributed by atoms with Gasteiger partial charge in [-0.1, -0.05) is 55.2 Å². The van der Waals surface area contributed by atoms with Crippen molar-refractivity contribution in [1.29, 1.82) is 0 Å². The fourth-order valence-corrected chi connectivity index (χ4v) is 4.76. The molecule has 0 atom stereocenters. The summed E-state index contributed by atoms with van der Waals surface area (Å²) in [5.41, 5.74) is 2.09. The Kier molecular flexibility index (Phi) is 9.00. The van der Waals surface area contributed by atoms with Crippen LogP contribution in [0, 0.1) is 5.92 Å². The topological polar surface area (TPSA) is 69.6 Å². The first kappa shape index (κ1) is 26.9. The third-order valence-electron chi connectivity index (χ3n) is 6.26. The Morgan fingerprint density at radius 1 is 0.919 bits per heavy atom. The molecule has 37 heavy (non-hydrogen) atoms. The molecule has 1 aliphatic rings. The van der Waals surface area contributed by atoms with Gasteiger partial charge in [0, 0.05) is 48.9 Å². The van der Waals surface area contributed by atoms with E-state index in [2.05, 4.69) is 15.1 Å². The van der Waals surface area contributed by atoms with Gasteiger partial charge >= 0.3 is 0 Å². The number of anilines is 1. The number of nitrogens with zero attached hydrogens (tertiary/aromatic N) is 5. The van der Waals surface area contributed by atoms with Crippen LogP contribution in [0.25, 0.3) is 11.3 Å². The van der Waals surface area contributed by atoms with Gasteiger partial charge in [0.1, 0.15) is 6.54 Å². The van der Waals surface area contributed by atoms with Crippen molar-refractivity contribution in [2.45, 2.75) is 20.3 Å². The normalized spacial score (nSPS) is 14.0. The maximum absolute atomic E-state index is 13.3. The summed E-state index contributed by atoms with van der Waals surface area (Å²) in [5, 5.41) is 10.0. The number of rotatable bonds is 7. The molecule has 3 aromatic rings. The maximum atomic E-state index is 13.3. The molecule has 9 heteroatoms. The van der Waals surface area contributed by atoms with E-state index in [0.717, 1.165) is 30.0 Å². The number of carbonyl (C=O) groups excluding carboxylic acids is 2. The molecule has 0 spiro atoms. The van der Waals surface area contributed by atoms with Crippen molar-refractivity contribution in [3.05, 3.63) is 76.3 Å². The summed E-state index contributed by atoms with van der Waals surface area (Å²) in [6.07, 6.45) is 0.801. The van der Waals surface area contributed by atoms with Crippen LogP contribution in [0.15, 0.2) is 60.7 Å². The molecule has 0 N–H and O–H groups in total.